The van der Waals surface area contributed by atoms with Crippen LogP contribution in [0, 0.1) is 5.41 Å². The molecular weight excluding hydrogens is 154 g/mol. The van der Waals surface area contributed by atoms with Gasteiger partial charge in [0.1, 0.15) is 0 Å². The van der Waals surface area contributed by atoms with E-state index in [9.17, 15) is 4.79 Å². The second kappa shape index (κ2) is 3.05. The Morgan fingerprint density at radius 2 is 2.33 bits per heavy atom. The largest absolute Gasteiger partial charge is 0.381 e. The predicted molar refractivity (Wildman–Crippen MR) is 46.8 cm³/mol. The zero-order valence-electron chi connectivity index (χ0n) is 8.18. The van der Waals surface area contributed by atoms with Gasteiger partial charge in [0.25, 0.3) is 0 Å². The van der Waals surface area contributed by atoms with Crippen LogP contribution in [0.5, 0.6) is 0 Å². The van der Waals surface area contributed by atoms with Gasteiger partial charge in [-0.3, -0.25) is 4.79 Å². The second-order valence-electron chi connectivity index (χ2n) is 3.85. The summed E-state index contributed by atoms with van der Waals surface area (Å²) in [7, 11) is 1.69. The molecule has 0 saturated carbocycles. The fourth-order valence-electron chi connectivity index (χ4n) is 1.72. The molecule has 12 heavy (non-hydrogen) atoms. The second-order valence-corrected chi connectivity index (χ2v) is 3.85. The van der Waals surface area contributed by atoms with Gasteiger partial charge in [-0.05, 0) is 13.8 Å². The number of ether oxygens (including phenoxy) is 1. The topological polar surface area (TPSA) is 38.3 Å². The number of rotatable bonds is 2. The van der Waals surface area contributed by atoms with Crippen LogP contribution in [0.25, 0.3) is 0 Å². The van der Waals surface area contributed by atoms with Crippen molar-refractivity contribution in [1.29, 1.82) is 0 Å². The van der Waals surface area contributed by atoms with Gasteiger partial charge in [-0.25, -0.2) is 0 Å². The van der Waals surface area contributed by atoms with Crippen LogP contribution in [0.4, 0.5) is 0 Å². The molecule has 70 valence electrons. The van der Waals surface area contributed by atoms with Crippen molar-refractivity contribution in [3.63, 3.8) is 0 Å². The van der Waals surface area contributed by atoms with Crippen molar-refractivity contribution >= 4 is 5.91 Å². The first kappa shape index (κ1) is 9.52. The first-order valence-corrected chi connectivity index (χ1v) is 4.33. The molecule has 0 spiro atoms. The summed E-state index contributed by atoms with van der Waals surface area (Å²) < 4.78 is 5.26. The van der Waals surface area contributed by atoms with Crippen LogP contribution in [0.1, 0.15) is 27.2 Å². The Kier molecular flexibility index (Phi) is 2.42. The van der Waals surface area contributed by atoms with Gasteiger partial charge in [-0.2, -0.15) is 0 Å². The van der Waals surface area contributed by atoms with Gasteiger partial charge in [0, 0.05) is 25.0 Å². The fraction of sp³-hybridized carbons (Fsp3) is 0.889. The summed E-state index contributed by atoms with van der Waals surface area (Å²) in [6, 6.07) is 0.208. The summed E-state index contributed by atoms with van der Waals surface area (Å²) >= 11 is 0. The van der Waals surface area contributed by atoms with E-state index in [1.54, 1.807) is 7.11 Å². The number of nitrogens with one attached hydrogen (secondary N) is 1. The molecule has 1 aliphatic heterocycles. The lowest BCUT2D eigenvalue weighted by molar-refractivity contribution is -0.120. The van der Waals surface area contributed by atoms with E-state index in [0.29, 0.717) is 6.42 Å². The Morgan fingerprint density at radius 3 is 2.67 bits per heavy atom. The summed E-state index contributed by atoms with van der Waals surface area (Å²) in [4.78, 5) is 11.1. The summed E-state index contributed by atoms with van der Waals surface area (Å²) in [5.41, 5.74) is -0.0498. The maximum absolute atomic E-state index is 11.1. The first-order chi connectivity index (χ1) is 5.50. The fourth-order valence-corrected chi connectivity index (χ4v) is 1.72. The normalized spacial score (nSPS) is 38.0. The standard InChI is InChI=1S/C9H17NO2/c1-6-9(3,7(2)12-4)5-8(11)10-6/h6-7H,5H2,1-4H3,(H,10,11). The Hall–Kier alpha value is -0.570. The van der Waals surface area contributed by atoms with Crippen LogP contribution in [0.15, 0.2) is 0 Å². The van der Waals surface area contributed by atoms with Gasteiger partial charge in [0.15, 0.2) is 0 Å². The van der Waals surface area contributed by atoms with Crippen molar-refractivity contribution in [3.05, 3.63) is 0 Å². The lowest BCUT2D eigenvalue weighted by Gasteiger charge is -2.32. The third-order valence-corrected chi connectivity index (χ3v) is 3.19. The molecule has 3 atom stereocenters. The number of carbonyl (C=O) groups excluding carboxylic acids is 1. The van der Waals surface area contributed by atoms with Crippen molar-refractivity contribution in [2.24, 2.45) is 5.41 Å². The van der Waals surface area contributed by atoms with Crippen molar-refractivity contribution < 1.29 is 9.53 Å². The number of hydrogen-bond acceptors (Lipinski definition) is 2. The SMILES string of the molecule is COC(C)C1(C)CC(=O)NC1C. The molecule has 1 rings (SSSR count). The molecule has 0 bridgehead atoms. The molecular formula is C9H17NO2. The highest BCUT2D eigenvalue weighted by atomic mass is 16.5. The quantitative estimate of drug-likeness (QED) is 0.671. The molecule has 0 radical (unpaired) electrons. The molecule has 0 aromatic heterocycles. The van der Waals surface area contributed by atoms with Gasteiger partial charge >= 0.3 is 0 Å². The van der Waals surface area contributed by atoms with Crippen LogP contribution in [0.3, 0.4) is 0 Å². The summed E-state index contributed by atoms with van der Waals surface area (Å²) in [6.45, 7) is 6.13. The summed E-state index contributed by atoms with van der Waals surface area (Å²) in [6.07, 6.45) is 0.690. The monoisotopic (exact) mass is 171 g/mol. The Morgan fingerprint density at radius 1 is 1.75 bits per heavy atom. The third kappa shape index (κ3) is 1.33. The van der Waals surface area contributed by atoms with E-state index in [1.807, 2.05) is 13.8 Å². The van der Waals surface area contributed by atoms with Gasteiger partial charge in [0.2, 0.25) is 5.91 Å². The summed E-state index contributed by atoms with van der Waals surface area (Å²) in [5, 5.41) is 2.90. The van der Waals surface area contributed by atoms with Crippen LogP contribution in [0.2, 0.25) is 0 Å². The molecule has 3 nitrogen and oxygen atoms in total. The van der Waals surface area contributed by atoms with E-state index in [0.717, 1.165) is 0 Å². The van der Waals surface area contributed by atoms with Gasteiger partial charge in [0.05, 0.1) is 6.10 Å². The molecule has 1 heterocycles. The van der Waals surface area contributed by atoms with Crippen molar-refractivity contribution in [2.75, 3.05) is 7.11 Å². The lowest BCUT2D eigenvalue weighted by atomic mass is 9.78. The van der Waals surface area contributed by atoms with Crippen molar-refractivity contribution in [2.45, 2.75) is 39.3 Å². The molecule has 1 aliphatic rings. The highest BCUT2D eigenvalue weighted by Gasteiger charge is 2.44. The van der Waals surface area contributed by atoms with Gasteiger partial charge in [-0.15, -0.1) is 0 Å². The number of methoxy groups -OCH3 is 1. The Labute approximate surface area is 73.5 Å². The minimum Gasteiger partial charge on any atom is -0.381 e. The smallest absolute Gasteiger partial charge is 0.220 e. The molecule has 1 saturated heterocycles. The van der Waals surface area contributed by atoms with Crippen LogP contribution in [-0.4, -0.2) is 25.2 Å². The van der Waals surface area contributed by atoms with Crippen molar-refractivity contribution in [3.8, 4) is 0 Å². The molecule has 1 N–H and O–H groups in total. The zero-order valence-corrected chi connectivity index (χ0v) is 8.18. The maximum atomic E-state index is 11.1. The van der Waals surface area contributed by atoms with E-state index in [1.165, 1.54) is 0 Å². The highest BCUT2D eigenvalue weighted by molar-refractivity contribution is 5.79. The Bertz CT molecular complexity index is 193. The maximum Gasteiger partial charge on any atom is 0.220 e. The molecule has 0 aromatic carbocycles. The van der Waals surface area contributed by atoms with E-state index >= 15 is 0 Å². The summed E-state index contributed by atoms with van der Waals surface area (Å²) in [5.74, 6) is 0.133. The van der Waals surface area contributed by atoms with E-state index in [-0.39, 0.29) is 23.5 Å². The minimum atomic E-state index is -0.0498. The average Bonchev–Trinajstić information content (AvgIpc) is 2.26. The molecule has 1 fully saturated rings. The molecule has 3 unspecified atom stereocenters. The molecule has 0 aromatic rings. The molecule has 1 amide bonds. The van der Waals surface area contributed by atoms with Crippen LogP contribution < -0.4 is 5.32 Å². The van der Waals surface area contributed by atoms with E-state index < -0.39 is 0 Å². The highest BCUT2D eigenvalue weighted by Crippen LogP contribution is 2.35. The van der Waals surface area contributed by atoms with Crippen LogP contribution in [-0.2, 0) is 9.53 Å². The Balaban J connectivity index is 2.76. The van der Waals surface area contributed by atoms with Gasteiger partial charge < -0.3 is 10.1 Å². The van der Waals surface area contributed by atoms with Crippen LogP contribution >= 0.6 is 0 Å². The number of amides is 1. The minimum absolute atomic E-state index is 0.0498. The molecule has 0 aliphatic carbocycles. The van der Waals surface area contributed by atoms with E-state index in [4.69, 9.17) is 4.74 Å². The zero-order chi connectivity index (χ0) is 9.35. The predicted octanol–water partition coefficient (Wildman–Crippen LogP) is 0.936. The molecule has 3 heteroatoms. The lowest BCUT2D eigenvalue weighted by Crippen LogP contribution is -2.40. The average molecular weight is 171 g/mol. The van der Waals surface area contributed by atoms with Crippen molar-refractivity contribution in [1.82, 2.24) is 5.32 Å². The third-order valence-electron chi connectivity index (χ3n) is 3.19. The van der Waals surface area contributed by atoms with Gasteiger partial charge in [-0.1, -0.05) is 6.92 Å². The first-order valence-electron chi connectivity index (χ1n) is 4.33. The van der Waals surface area contributed by atoms with E-state index in [2.05, 4.69) is 12.2 Å². The number of hydrogen-bond donors (Lipinski definition) is 1. The number of carbonyl (C=O) groups is 1.